The van der Waals surface area contributed by atoms with E-state index in [1.54, 1.807) is 53.9 Å². The largest absolute Gasteiger partial charge is 0.378 e. The average Bonchev–Trinajstić information content (AvgIpc) is 3.30. The highest BCUT2D eigenvalue weighted by Crippen LogP contribution is 2.36. The van der Waals surface area contributed by atoms with Gasteiger partial charge in [-0.1, -0.05) is 0 Å². The Balaban J connectivity index is 1.70. The van der Waals surface area contributed by atoms with Crippen LogP contribution in [0, 0.1) is 0 Å². The number of piperazine rings is 1. The minimum atomic E-state index is -3.69. The van der Waals surface area contributed by atoms with Crippen molar-refractivity contribution >= 4 is 27.4 Å². The van der Waals surface area contributed by atoms with Crippen LogP contribution >= 0.6 is 0 Å². The van der Waals surface area contributed by atoms with E-state index in [-0.39, 0.29) is 16.5 Å². The van der Waals surface area contributed by atoms with Crippen LogP contribution in [0.1, 0.15) is 25.5 Å². The number of hydrogen-bond acceptors (Lipinski definition) is 6. The monoisotopic (exact) mass is 450 g/mol. The van der Waals surface area contributed by atoms with Crippen LogP contribution in [-0.4, -0.2) is 86.6 Å². The third kappa shape index (κ3) is 4.35. The van der Waals surface area contributed by atoms with Crippen LogP contribution in [-0.2, 0) is 21.4 Å². The Hall–Kier alpha value is -2.37. The number of nitrogens with one attached hydrogen (secondary N) is 1. The molecule has 2 aromatic rings. The summed E-state index contributed by atoms with van der Waals surface area (Å²) in [4.78, 5) is 22.5. The average molecular weight is 451 g/mol. The highest BCUT2D eigenvalue weighted by Gasteiger charge is 2.41. The van der Waals surface area contributed by atoms with Gasteiger partial charge in [-0.25, -0.2) is 22.9 Å². The Morgan fingerprint density at radius 2 is 1.94 bits per heavy atom. The lowest BCUT2D eigenvalue weighted by molar-refractivity contribution is 0.168. The first-order valence-electron chi connectivity index (χ1n) is 10.4. The maximum absolute atomic E-state index is 13.1. The second kappa shape index (κ2) is 7.95. The fourth-order valence-corrected chi connectivity index (χ4v) is 5.30. The van der Waals surface area contributed by atoms with E-state index in [1.165, 1.54) is 0 Å². The number of aromatic nitrogens is 2. The standard InChI is InChI=1S/C20H30N6O4S/c1-20(5-6-20)22-31(28,29)16-11-17(18-21-12-15(14-30-4)26(18)13-16)24-7-9-25(10-8-24)19(27)23(2)3/h11-13,22H,5-10,14H2,1-4H3. The maximum atomic E-state index is 13.1. The summed E-state index contributed by atoms with van der Waals surface area (Å²) in [6.45, 7) is 4.54. The summed E-state index contributed by atoms with van der Waals surface area (Å²) >= 11 is 0. The molecule has 0 radical (unpaired) electrons. The van der Waals surface area contributed by atoms with Crippen LogP contribution in [0.25, 0.3) is 5.65 Å². The summed E-state index contributed by atoms with van der Waals surface area (Å²) in [5.74, 6) is 0. The Labute approximate surface area is 182 Å². The van der Waals surface area contributed by atoms with Crippen molar-refractivity contribution < 1.29 is 17.9 Å². The van der Waals surface area contributed by atoms with Crippen molar-refractivity contribution in [2.75, 3.05) is 52.3 Å². The minimum absolute atomic E-state index is 0.0220. The van der Waals surface area contributed by atoms with Gasteiger partial charge in [-0.3, -0.25) is 4.40 Å². The number of methoxy groups -OCH3 is 1. The number of rotatable bonds is 6. The number of nitrogens with zero attached hydrogens (tertiary/aromatic N) is 5. The number of sulfonamides is 1. The number of imidazole rings is 1. The van der Waals surface area contributed by atoms with Crippen molar-refractivity contribution in [2.45, 2.75) is 36.8 Å². The van der Waals surface area contributed by atoms with Crippen LogP contribution in [0.15, 0.2) is 23.4 Å². The lowest BCUT2D eigenvalue weighted by atomic mass is 10.2. The van der Waals surface area contributed by atoms with Gasteiger partial charge in [0.05, 0.1) is 24.2 Å². The van der Waals surface area contributed by atoms with Crippen LogP contribution in [0.5, 0.6) is 0 Å². The Morgan fingerprint density at radius 1 is 1.26 bits per heavy atom. The number of carbonyl (C=O) groups is 1. The molecule has 11 heteroatoms. The molecule has 2 aromatic heterocycles. The molecule has 4 rings (SSSR count). The normalized spacial score (nSPS) is 18.5. The molecule has 3 heterocycles. The van der Waals surface area contributed by atoms with E-state index in [0.29, 0.717) is 38.4 Å². The molecule has 170 valence electrons. The van der Waals surface area contributed by atoms with Gasteiger partial charge in [0.1, 0.15) is 4.90 Å². The van der Waals surface area contributed by atoms with Gasteiger partial charge in [-0.2, -0.15) is 0 Å². The maximum Gasteiger partial charge on any atom is 0.319 e. The molecule has 2 aliphatic rings. The first-order chi connectivity index (χ1) is 14.6. The fourth-order valence-electron chi connectivity index (χ4n) is 3.82. The number of urea groups is 1. The highest BCUT2D eigenvalue weighted by atomic mass is 32.2. The Kier molecular flexibility index (Phi) is 5.61. The number of amides is 2. The highest BCUT2D eigenvalue weighted by molar-refractivity contribution is 7.89. The van der Waals surface area contributed by atoms with E-state index in [9.17, 15) is 13.2 Å². The summed E-state index contributed by atoms with van der Waals surface area (Å²) in [6.07, 6.45) is 4.99. The molecule has 10 nitrogen and oxygen atoms in total. The van der Waals surface area contributed by atoms with Crippen molar-refractivity contribution in [1.82, 2.24) is 23.9 Å². The van der Waals surface area contributed by atoms with Crippen LogP contribution in [0.3, 0.4) is 0 Å². The number of ether oxygens (including phenoxy) is 1. The van der Waals surface area contributed by atoms with Gasteiger partial charge in [0.15, 0.2) is 5.65 Å². The van der Waals surface area contributed by atoms with Gasteiger partial charge in [0.25, 0.3) is 0 Å². The third-order valence-corrected chi connectivity index (χ3v) is 7.50. The SMILES string of the molecule is COCc1cnc2c(N3CCN(C(=O)N(C)C)CC3)cc(S(=O)(=O)NC3(C)CC3)cn12. The minimum Gasteiger partial charge on any atom is -0.378 e. The molecular weight excluding hydrogens is 420 g/mol. The fraction of sp³-hybridized carbons (Fsp3) is 0.600. The zero-order valence-corrected chi connectivity index (χ0v) is 19.3. The summed E-state index contributed by atoms with van der Waals surface area (Å²) in [5, 5.41) is 0. The van der Waals surface area contributed by atoms with E-state index >= 15 is 0 Å². The van der Waals surface area contributed by atoms with E-state index in [2.05, 4.69) is 14.6 Å². The summed E-state index contributed by atoms with van der Waals surface area (Å²) in [5.41, 5.74) is 1.82. The number of anilines is 1. The zero-order valence-electron chi connectivity index (χ0n) is 18.5. The second-order valence-corrected chi connectivity index (χ2v) is 10.4. The molecule has 1 saturated carbocycles. The molecule has 1 saturated heterocycles. The van der Waals surface area contributed by atoms with Crippen molar-refractivity contribution in [1.29, 1.82) is 0 Å². The summed E-state index contributed by atoms with van der Waals surface area (Å²) in [7, 11) is 1.38. The van der Waals surface area contributed by atoms with Gasteiger partial charge in [0, 0.05) is 59.1 Å². The third-order valence-electron chi connectivity index (χ3n) is 5.89. The van der Waals surface area contributed by atoms with E-state index in [0.717, 1.165) is 24.2 Å². The molecule has 31 heavy (non-hydrogen) atoms. The number of carbonyl (C=O) groups excluding carboxylic acids is 1. The predicted octanol–water partition coefficient (Wildman–Crippen LogP) is 1.12. The van der Waals surface area contributed by atoms with Gasteiger partial charge in [-0.15, -0.1) is 0 Å². The second-order valence-electron chi connectivity index (χ2n) is 8.75. The molecular formula is C20H30N6O4S. The number of fused-ring (bicyclic) bond motifs is 1. The van der Waals surface area contributed by atoms with Gasteiger partial charge in [0.2, 0.25) is 10.0 Å². The van der Waals surface area contributed by atoms with Gasteiger partial charge < -0.3 is 19.4 Å². The lowest BCUT2D eigenvalue weighted by Crippen LogP contribution is -2.51. The van der Waals surface area contributed by atoms with Crippen LogP contribution in [0.4, 0.5) is 10.5 Å². The molecule has 0 spiro atoms. The van der Waals surface area contributed by atoms with Crippen LogP contribution < -0.4 is 9.62 Å². The molecule has 1 aliphatic heterocycles. The molecule has 0 aromatic carbocycles. The molecule has 0 atom stereocenters. The topological polar surface area (TPSA) is 99.5 Å². The lowest BCUT2D eigenvalue weighted by Gasteiger charge is -2.37. The van der Waals surface area contributed by atoms with E-state index < -0.39 is 10.0 Å². The van der Waals surface area contributed by atoms with E-state index in [1.807, 2.05) is 6.92 Å². The van der Waals surface area contributed by atoms with Crippen LogP contribution in [0.2, 0.25) is 0 Å². The smallest absolute Gasteiger partial charge is 0.319 e. The Bertz CT molecular complexity index is 1080. The predicted molar refractivity (Wildman–Crippen MR) is 117 cm³/mol. The molecule has 1 N–H and O–H groups in total. The molecule has 1 aliphatic carbocycles. The molecule has 0 unspecified atom stereocenters. The first-order valence-corrected chi connectivity index (χ1v) is 11.9. The van der Waals surface area contributed by atoms with Crippen molar-refractivity contribution in [3.63, 3.8) is 0 Å². The van der Waals surface area contributed by atoms with Crippen molar-refractivity contribution in [3.05, 3.63) is 24.2 Å². The van der Waals surface area contributed by atoms with E-state index in [4.69, 9.17) is 4.74 Å². The number of pyridine rings is 1. The summed E-state index contributed by atoms with van der Waals surface area (Å²) in [6, 6.07) is 1.67. The van der Waals surface area contributed by atoms with Crippen molar-refractivity contribution in [3.8, 4) is 0 Å². The Morgan fingerprint density at radius 3 is 2.52 bits per heavy atom. The molecule has 0 bridgehead atoms. The van der Waals surface area contributed by atoms with Crippen molar-refractivity contribution in [2.24, 2.45) is 0 Å². The van der Waals surface area contributed by atoms with Gasteiger partial charge >= 0.3 is 6.03 Å². The summed E-state index contributed by atoms with van der Waals surface area (Å²) < 4.78 is 36.1. The molecule has 2 fully saturated rings. The zero-order chi connectivity index (χ0) is 22.4. The first kappa shape index (κ1) is 21.8. The quantitative estimate of drug-likeness (QED) is 0.708. The number of hydrogen-bond donors (Lipinski definition) is 1. The molecule has 2 amide bonds. The van der Waals surface area contributed by atoms with Gasteiger partial charge in [-0.05, 0) is 25.8 Å².